The summed E-state index contributed by atoms with van der Waals surface area (Å²) in [7, 11) is 1.69. The van der Waals surface area contributed by atoms with E-state index in [0.717, 1.165) is 35.1 Å². The Balaban J connectivity index is 1.88. The zero-order valence-electron chi connectivity index (χ0n) is 10.8. The van der Waals surface area contributed by atoms with E-state index in [0.29, 0.717) is 6.61 Å². The Hall–Kier alpha value is -1.50. The van der Waals surface area contributed by atoms with Crippen LogP contribution in [-0.2, 0) is 11.2 Å². The lowest BCUT2D eigenvalue weighted by Gasteiger charge is -2.00. The molecule has 1 aromatic heterocycles. The third-order valence-electron chi connectivity index (χ3n) is 2.56. The highest BCUT2D eigenvalue weighted by atomic mass is 32.1. The first-order chi connectivity index (χ1) is 9.29. The number of methoxy groups -OCH3 is 1. The fourth-order valence-corrected chi connectivity index (χ4v) is 2.44. The standard InChI is InChI=1S/C13H17N3O2S/c1-18-8-7-14-6-5-12-15-16-13(19-12)10-3-2-4-11(17)9-10/h2-4,9,14,17H,5-8H2,1H3. The van der Waals surface area contributed by atoms with Crippen LogP contribution in [0.15, 0.2) is 24.3 Å². The summed E-state index contributed by atoms with van der Waals surface area (Å²) in [5.74, 6) is 0.246. The molecule has 0 atom stereocenters. The smallest absolute Gasteiger partial charge is 0.147 e. The van der Waals surface area contributed by atoms with Crippen LogP contribution in [0.5, 0.6) is 5.75 Å². The van der Waals surface area contributed by atoms with Crippen molar-refractivity contribution in [3.05, 3.63) is 29.3 Å². The molecule has 0 amide bonds. The minimum Gasteiger partial charge on any atom is -0.508 e. The molecule has 1 aromatic carbocycles. The maximum Gasteiger partial charge on any atom is 0.147 e. The van der Waals surface area contributed by atoms with E-state index in [4.69, 9.17) is 4.74 Å². The van der Waals surface area contributed by atoms with Crippen LogP contribution < -0.4 is 5.32 Å². The highest BCUT2D eigenvalue weighted by molar-refractivity contribution is 7.14. The van der Waals surface area contributed by atoms with Crippen molar-refractivity contribution in [2.75, 3.05) is 26.8 Å². The van der Waals surface area contributed by atoms with E-state index >= 15 is 0 Å². The van der Waals surface area contributed by atoms with Gasteiger partial charge in [0, 0.05) is 32.2 Å². The predicted octanol–water partition coefficient (Wildman–Crippen LogP) is 1.69. The van der Waals surface area contributed by atoms with Crippen molar-refractivity contribution in [1.29, 1.82) is 0 Å². The molecule has 0 bridgehead atoms. The molecule has 2 rings (SSSR count). The van der Waals surface area contributed by atoms with Crippen LogP contribution in [0.25, 0.3) is 10.6 Å². The van der Waals surface area contributed by atoms with E-state index in [1.807, 2.05) is 6.07 Å². The van der Waals surface area contributed by atoms with Gasteiger partial charge in [0.2, 0.25) is 0 Å². The average molecular weight is 279 g/mol. The summed E-state index contributed by atoms with van der Waals surface area (Å²) >= 11 is 1.55. The second-order valence-corrected chi connectivity index (χ2v) is 5.11. The highest BCUT2D eigenvalue weighted by Crippen LogP contribution is 2.26. The predicted molar refractivity (Wildman–Crippen MR) is 75.5 cm³/mol. The van der Waals surface area contributed by atoms with Crippen LogP contribution in [0, 0.1) is 0 Å². The lowest BCUT2D eigenvalue weighted by atomic mass is 10.2. The number of rotatable bonds is 7. The molecule has 1 heterocycles. The lowest BCUT2D eigenvalue weighted by Crippen LogP contribution is -2.21. The Bertz CT molecular complexity index is 516. The van der Waals surface area contributed by atoms with Gasteiger partial charge >= 0.3 is 0 Å². The maximum absolute atomic E-state index is 9.44. The van der Waals surface area contributed by atoms with Crippen molar-refractivity contribution < 1.29 is 9.84 Å². The Kier molecular flexibility index (Phi) is 5.26. The van der Waals surface area contributed by atoms with E-state index < -0.39 is 0 Å². The van der Waals surface area contributed by atoms with Crippen molar-refractivity contribution >= 4 is 11.3 Å². The number of hydrogen-bond donors (Lipinski definition) is 2. The minimum absolute atomic E-state index is 0.246. The fourth-order valence-electron chi connectivity index (χ4n) is 1.60. The molecular weight excluding hydrogens is 262 g/mol. The molecule has 2 aromatic rings. The molecule has 6 heteroatoms. The number of phenols is 1. The molecule has 102 valence electrons. The molecule has 0 saturated heterocycles. The molecule has 19 heavy (non-hydrogen) atoms. The quantitative estimate of drug-likeness (QED) is 0.755. The average Bonchev–Trinajstić information content (AvgIpc) is 2.87. The van der Waals surface area contributed by atoms with E-state index in [1.54, 1.807) is 36.6 Å². The number of phenolic OH excluding ortho intramolecular Hbond substituents is 1. The van der Waals surface area contributed by atoms with Crippen LogP contribution in [0.1, 0.15) is 5.01 Å². The summed E-state index contributed by atoms with van der Waals surface area (Å²) in [6.45, 7) is 2.41. The Morgan fingerprint density at radius 3 is 3.00 bits per heavy atom. The van der Waals surface area contributed by atoms with E-state index in [2.05, 4.69) is 15.5 Å². The van der Waals surface area contributed by atoms with Gasteiger partial charge in [-0.15, -0.1) is 10.2 Å². The molecule has 0 spiro atoms. The van der Waals surface area contributed by atoms with E-state index in [9.17, 15) is 5.11 Å². The summed E-state index contributed by atoms with van der Waals surface area (Å²) in [5, 5.41) is 22.8. The number of ether oxygens (including phenoxy) is 1. The number of benzene rings is 1. The van der Waals surface area contributed by atoms with E-state index in [-0.39, 0.29) is 5.75 Å². The Labute approximate surface area is 116 Å². The van der Waals surface area contributed by atoms with Gasteiger partial charge in [0.05, 0.1) is 6.61 Å². The van der Waals surface area contributed by atoms with Crippen LogP contribution in [0.3, 0.4) is 0 Å². The van der Waals surface area contributed by atoms with Gasteiger partial charge in [-0.2, -0.15) is 0 Å². The molecule has 5 nitrogen and oxygen atoms in total. The summed E-state index contributed by atoms with van der Waals surface area (Å²) in [4.78, 5) is 0. The van der Waals surface area contributed by atoms with Gasteiger partial charge in [-0.1, -0.05) is 23.5 Å². The van der Waals surface area contributed by atoms with Gasteiger partial charge in [-0.05, 0) is 12.1 Å². The van der Waals surface area contributed by atoms with Gasteiger partial charge in [-0.25, -0.2) is 0 Å². The van der Waals surface area contributed by atoms with Gasteiger partial charge in [-0.3, -0.25) is 0 Å². The van der Waals surface area contributed by atoms with Crippen LogP contribution >= 0.6 is 11.3 Å². The van der Waals surface area contributed by atoms with Gasteiger partial charge in [0.1, 0.15) is 15.8 Å². The molecule has 0 aliphatic rings. The number of nitrogens with one attached hydrogen (secondary N) is 1. The summed E-state index contributed by atoms with van der Waals surface area (Å²) < 4.78 is 4.96. The summed E-state index contributed by atoms with van der Waals surface area (Å²) in [5.41, 5.74) is 0.899. The minimum atomic E-state index is 0.246. The summed E-state index contributed by atoms with van der Waals surface area (Å²) in [6, 6.07) is 7.06. The van der Waals surface area contributed by atoms with Gasteiger partial charge in [0.25, 0.3) is 0 Å². The maximum atomic E-state index is 9.44. The highest BCUT2D eigenvalue weighted by Gasteiger charge is 2.06. The van der Waals surface area contributed by atoms with Crippen LogP contribution in [0.4, 0.5) is 0 Å². The molecule has 0 saturated carbocycles. The van der Waals surface area contributed by atoms with Crippen LogP contribution in [0.2, 0.25) is 0 Å². The van der Waals surface area contributed by atoms with Crippen LogP contribution in [-0.4, -0.2) is 42.1 Å². The molecular formula is C13H17N3O2S. The van der Waals surface area contributed by atoms with Crippen molar-refractivity contribution in [2.45, 2.75) is 6.42 Å². The zero-order valence-corrected chi connectivity index (χ0v) is 11.6. The third kappa shape index (κ3) is 4.27. The Morgan fingerprint density at radius 2 is 2.21 bits per heavy atom. The first-order valence-electron chi connectivity index (χ1n) is 6.11. The number of aromatic hydroxyl groups is 1. The fraction of sp³-hybridized carbons (Fsp3) is 0.385. The molecule has 0 radical (unpaired) electrons. The molecule has 0 aliphatic carbocycles. The summed E-state index contributed by atoms with van der Waals surface area (Å²) in [6.07, 6.45) is 0.847. The topological polar surface area (TPSA) is 67.3 Å². The second-order valence-electron chi connectivity index (χ2n) is 4.04. The Morgan fingerprint density at radius 1 is 1.32 bits per heavy atom. The SMILES string of the molecule is COCCNCCc1nnc(-c2cccc(O)c2)s1. The normalized spacial score (nSPS) is 10.8. The molecule has 0 aliphatic heterocycles. The third-order valence-corrected chi connectivity index (χ3v) is 3.59. The van der Waals surface area contributed by atoms with Gasteiger partial charge in [0.15, 0.2) is 0 Å². The zero-order chi connectivity index (χ0) is 13.5. The number of hydrogen-bond acceptors (Lipinski definition) is 6. The number of aromatic nitrogens is 2. The second kappa shape index (κ2) is 7.18. The first kappa shape index (κ1) is 13.9. The van der Waals surface area contributed by atoms with Crippen molar-refractivity contribution in [2.24, 2.45) is 0 Å². The molecule has 2 N–H and O–H groups in total. The largest absolute Gasteiger partial charge is 0.508 e. The van der Waals surface area contributed by atoms with E-state index in [1.165, 1.54) is 0 Å². The van der Waals surface area contributed by atoms with Crippen molar-refractivity contribution in [1.82, 2.24) is 15.5 Å². The van der Waals surface area contributed by atoms with Gasteiger partial charge < -0.3 is 15.2 Å². The van der Waals surface area contributed by atoms with Crippen molar-refractivity contribution in [3.63, 3.8) is 0 Å². The molecule has 0 unspecified atom stereocenters. The molecule has 0 fully saturated rings. The first-order valence-corrected chi connectivity index (χ1v) is 6.92. The number of nitrogens with zero attached hydrogens (tertiary/aromatic N) is 2. The monoisotopic (exact) mass is 279 g/mol. The lowest BCUT2D eigenvalue weighted by molar-refractivity contribution is 0.199. The van der Waals surface area contributed by atoms with Crippen molar-refractivity contribution in [3.8, 4) is 16.3 Å².